The van der Waals surface area contributed by atoms with Crippen LogP contribution in [0, 0.1) is 11.3 Å². The van der Waals surface area contributed by atoms with E-state index in [1.54, 1.807) is 6.08 Å². The number of fused-ring (bicyclic) bond motifs is 9. The third-order valence-corrected chi connectivity index (χ3v) is 11.5. The lowest BCUT2D eigenvalue weighted by atomic mass is 9.41. The van der Waals surface area contributed by atoms with Crippen LogP contribution in [0.3, 0.4) is 0 Å². The Bertz CT molecular complexity index is 1590. The van der Waals surface area contributed by atoms with Crippen molar-refractivity contribution >= 4 is 16.7 Å². The van der Waals surface area contributed by atoms with Crippen molar-refractivity contribution in [2.24, 2.45) is 11.3 Å². The molecule has 7 atom stereocenters. The molecule has 5 aliphatic rings. The number of benzene rings is 2. The first-order chi connectivity index (χ1) is 19.0. The summed E-state index contributed by atoms with van der Waals surface area (Å²) < 4.78 is 19.9. The molecular formula is C34H37NO5. The van der Waals surface area contributed by atoms with Gasteiger partial charge in [-0.2, -0.15) is 0 Å². The van der Waals surface area contributed by atoms with E-state index in [9.17, 15) is 9.90 Å². The number of rotatable bonds is 3. The molecule has 2 bridgehead atoms. The zero-order valence-corrected chi connectivity index (χ0v) is 23.6. The number of aliphatic hydroxyl groups is 1. The van der Waals surface area contributed by atoms with E-state index in [4.69, 9.17) is 14.2 Å². The summed E-state index contributed by atoms with van der Waals surface area (Å²) in [4.78, 5) is 17.3. The molecule has 208 valence electrons. The van der Waals surface area contributed by atoms with Crippen molar-refractivity contribution in [3.63, 3.8) is 0 Å². The quantitative estimate of drug-likeness (QED) is 0.458. The average molecular weight is 540 g/mol. The molecule has 8 rings (SSSR count). The molecule has 3 aliphatic carbocycles. The van der Waals surface area contributed by atoms with Crippen LogP contribution < -0.4 is 0 Å². The highest BCUT2D eigenvalue weighted by molar-refractivity contribution is 5.97. The molecule has 2 aromatic carbocycles. The van der Waals surface area contributed by atoms with E-state index >= 15 is 0 Å². The topological polar surface area (TPSA) is 80.8 Å². The summed E-state index contributed by atoms with van der Waals surface area (Å²) in [5, 5.41) is 14.6. The summed E-state index contributed by atoms with van der Waals surface area (Å²) in [5.74, 6) is -0.999. The summed E-state index contributed by atoms with van der Waals surface area (Å²) in [6.45, 7) is 8.74. The molecule has 3 aromatic rings. The van der Waals surface area contributed by atoms with Crippen LogP contribution in [0.4, 0.5) is 0 Å². The number of hydrogen-bond donors (Lipinski definition) is 2. The van der Waals surface area contributed by atoms with Gasteiger partial charge in [0.2, 0.25) is 0 Å². The zero-order chi connectivity index (χ0) is 27.7. The van der Waals surface area contributed by atoms with Crippen molar-refractivity contribution in [2.45, 2.75) is 94.6 Å². The lowest BCUT2D eigenvalue weighted by molar-refractivity contribution is -0.282. The molecule has 40 heavy (non-hydrogen) atoms. The number of hydrogen-bond acceptors (Lipinski definition) is 5. The first kappa shape index (κ1) is 25.0. The number of nitrogens with one attached hydrogen (secondary N) is 1. The second kappa shape index (κ2) is 7.74. The van der Waals surface area contributed by atoms with Gasteiger partial charge in [-0.15, -0.1) is 0 Å². The van der Waals surface area contributed by atoms with Gasteiger partial charge in [0.1, 0.15) is 11.2 Å². The average Bonchev–Trinajstić information content (AvgIpc) is 3.52. The zero-order valence-electron chi connectivity index (χ0n) is 23.6. The van der Waals surface area contributed by atoms with Crippen LogP contribution in [0.5, 0.6) is 0 Å². The maximum Gasteiger partial charge on any atom is 0.195 e. The molecule has 0 radical (unpaired) electrons. The smallest absolute Gasteiger partial charge is 0.195 e. The van der Waals surface area contributed by atoms with Crippen LogP contribution in [0.15, 0.2) is 66.2 Å². The lowest BCUT2D eigenvalue weighted by Gasteiger charge is -2.67. The first-order valence-electron chi connectivity index (χ1n) is 14.7. The molecule has 1 spiro atoms. The molecule has 2 aliphatic heterocycles. The number of para-hydroxylation sites is 1. The predicted octanol–water partition coefficient (Wildman–Crippen LogP) is 5.52. The van der Waals surface area contributed by atoms with E-state index in [2.05, 4.69) is 43.1 Å². The van der Waals surface area contributed by atoms with Gasteiger partial charge >= 0.3 is 0 Å². The van der Waals surface area contributed by atoms with Gasteiger partial charge in [-0.1, -0.05) is 62.4 Å². The van der Waals surface area contributed by atoms with Crippen LogP contribution in [0.2, 0.25) is 0 Å². The summed E-state index contributed by atoms with van der Waals surface area (Å²) >= 11 is 0. The second-order valence-corrected chi connectivity index (χ2v) is 13.7. The molecule has 2 saturated carbocycles. The van der Waals surface area contributed by atoms with Crippen molar-refractivity contribution in [3.8, 4) is 0 Å². The highest BCUT2D eigenvalue weighted by Crippen LogP contribution is 2.72. The number of ketones is 1. The van der Waals surface area contributed by atoms with Gasteiger partial charge < -0.3 is 24.3 Å². The fourth-order valence-corrected chi connectivity index (χ4v) is 9.36. The van der Waals surface area contributed by atoms with E-state index in [0.29, 0.717) is 31.4 Å². The van der Waals surface area contributed by atoms with Crippen LogP contribution in [-0.4, -0.2) is 45.1 Å². The van der Waals surface area contributed by atoms with Crippen molar-refractivity contribution in [1.82, 2.24) is 4.98 Å². The number of carbonyl (C=O) groups excluding carboxylic acids is 1. The van der Waals surface area contributed by atoms with Crippen LogP contribution in [0.1, 0.15) is 63.8 Å². The molecule has 6 nitrogen and oxygen atoms in total. The Hall–Kier alpha value is -2.77. The Morgan fingerprint density at radius 2 is 1.77 bits per heavy atom. The monoisotopic (exact) mass is 539 g/mol. The number of carbonyl (C=O) groups is 1. The summed E-state index contributed by atoms with van der Waals surface area (Å²) in [7, 11) is 0. The maximum atomic E-state index is 13.5. The predicted molar refractivity (Wildman–Crippen MR) is 151 cm³/mol. The summed E-state index contributed by atoms with van der Waals surface area (Å²) in [5.41, 5.74) is 2.00. The van der Waals surface area contributed by atoms with Crippen LogP contribution >= 0.6 is 0 Å². The van der Waals surface area contributed by atoms with E-state index < -0.39 is 34.6 Å². The van der Waals surface area contributed by atoms with Crippen LogP contribution in [-0.2, 0) is 37.4 Å². The first-order valence-corrected chi connectivity index (χ1v) is 14.7. The third-order valence-electron chi connectivity index (χ3n) is 11.5. The van der Waals surface area contributed by atoms with E-state index in [1.807, 2.05) is 44.2 Å². The van der Waals surface area contributed by atoms with Gasteiger partial charge in [0, 0.05) is 39.4 Å². The molecule has 3 heterocycles. The van der Waals surface area contributed by atoms with Gasteiger partial charge in [0.15, 0.2) is 17.7 Å². The Morgan fingerprint density at radius 3 is 2.58 bits per heavy atom. The second-order valence-electron chi connectivity index (χ2n) is 13.7. The number of aromatic nitrogens is 1. The fraction of sp³-hybridized carbons (Fsp3) is 0.500. The number of ether oxygens (including phenoxy) is 3. The molecule has 1 saturated heterocycles. The molecule has 0 amide bonds. The minimum atomic E-state index is -1.48. The SMILES string of the molecule is CC1(C)OC23CC[C@]4(C)[C@@]5(C)c6[nH]c7ccccc7c6C[C@@H]5C[C@H](OCc5ccccc5)[C@@]4(O)C2=CC(=O)[C@@H]1O3. The minimum absolute atomic E-state index is 0.141. The molecule has 1 unspecified atom stereocenters. The normalized spacial score (nSPS) is 40.8. The molecule has 1 aromatic heterocycles. The van der Waals surface area contributed by atoms with Gasteiger partial charge in [0.05, 0.1) is 12.7 Å². The summed E-state index contributed by atoms with van der Waals surface area (Å²) in [6.07, 6.45) is 3.29. The standard InChI is InChI=1S/C34H37NO5/c1-30(2)29-25(36)18-26-33(39-29,40-30)15-14-31(3)32(4)21(16-23-22-12-8-9-13-24(22)35-28(23)32)17-27(34(26,31)37)38-19-20-10-6-5-7-11-20/h5-13,18,21,27,29,35,37H,14-17,19H2,1-4H3/t21-,27+,29+,31-,32-,33?,34+/m1/s1. The fourth-order valence-electron chi connectivity index (χ4n) is 9.36. The Balaban J connectivity index is 1.31. The number of H-pyrrole nitrogens is 1. The van der Waals surface area contributed by atoms with Crippen molar-refractivity contribution in [3.05, 3.63) is 83.1 Å². The molecule has 3 fully saturated rings. The van der Waals surface area contributed by atoms with E-state index in [0.717, 1.165) is 17.5 Å². The number of aromatic amines is 1. The third kappa shape index (κ3) is 2.81. The Kier molecular flexibility index (Phi) is 4.83. The van der Waals surface area contributed by atoms with Gasteiger partial charge in [0.25, 0.3) is 0 Å². The molecule has 2 N–H and O–H groups in total. The van der Waals surface area contributed by atoms with Gasteiger partial charge in [-0.05, 0) is 62.3 Å². The molecule has 6 heteroatoms. The van der Waals surface area contributed by atoms with Gasteiger partial charge in [-0.3, -0.25) is 4.79 Å². The van der Waals surface area contributed by atoms with Crippen LogP contribution in [0.25, 0.3) is 10.9 Å². The minimum Gasteiger partial charge on any atom is -0.382 e. The summed E-state index contributed by atoms with van der Waals surface area (Å²) in [6, 6.07) is 18.6. The highest BCUT2D eigenvalue weighted by atomic mass is 16.8. The van der Waals surface area contributed by atoms with E-state index in [-0.39, 0.29) is 17.1 Å². The Labute approximate surface area is 234 Å². The Morgan fingerprint density at radius 1 is 1.02 bits per heavy atom. The lowest BCUT2D eigenvalue weighted by Crippen LogP contribution is -2.74. The van der Waals surface area contributed by atoms with E-state index in [1.165, 1.54) is 16.6 Å². The van der Waals surface area contributed by atoms with Crippen molar-refractivity contribution in [1.29, 1.82) is 0 Å². The molecular weight excluding hydrogens is 502 g/mol. The maximum absolute atomic E-state index is 13.5. The largest absolute Gasteiger partial charge is 0.382 e. The van der Waals surface area contributed by atoms with Crippen molar-refractivity contribution < 1.29 is 24.1 Å². The highest BCUT2D eigenvalue weighted by Gasteiger charge is 2.78. The van der Waals surface area contributed by atoms with Gasteiger partial charge in [-0.25, -0.2) is 0 Å². The van der Waals surface area contributed by atoms with Crippen molar-refractivity contribution in [2.75, 3.05) is 0 Å².